The Hall–Kier alpha value is -3.40. The number of hydrogen-bond donors (Lipinski definition) is 1. The minimum Gasteiger partial charge on any atom is -0.480 e. The van der Waals surface area contributed by atoms with Gasteiger partial charge >= 0.3 is 6.61 Å². The lowest BCUT2D eigenvalue weighted by Crippen LogP contribution is -2.31. The van der Waals surface area contributed by atoms with E-state index in [9.17, 15) is 8.78 Å². The van der Waals surface area contributed by atoms with E-state index in [0.29, 0.717) is 24.7 Å². The molecular weight excluding hydrogens is 418 g/mol. The van der Waals surface area contributed by atoms with Crippen LogP contribution in [-0.4, -0.2) is 50.4 Å². The normalized spacial score (nSPS) is 19.0. The molecule has 1 N–H and O–H groups in total. The predicted molar refractivity (Wildman–Crippen MR) is 115 cm³/mol. The van der Waals surface area contributed by atoms with E-state index in [1.807, 2.05) is 30.5 Å². The highest BCUT2D eigenvalue weighted by atomic mass is 19.3. The van der Waals surface area contributed by atoms with Crippen molar-refractivity contribution in [3.05, 3.63) is 43.0 Å². The quantitative estimate of drug-likeness (QED) is 0.478. The number of nitrogens with zero attached hydrogens (tertiary/aromatic N) is 5. The average molecular weight is 440 g/mol. The standard InChI is InChI=1S/C22H22F2N6O2/c1-31-20-17-10-13(2-7-18(17)26-12-27-20)16-8-9-30-19(16)11-25-22(29-30)28-14-3-5-15(6-4-14)32-21(23)24/h2,7-12,14-15,21H,3-6H2,1H3,(H,28,29)/t14-,15-. The van der Waals surface area contributed by atoms with Crippen LogP contribution in [0, 0.1) is 0 Å². The third kappa shape index (κ3) is 4.05. The summed E-state index contributed by atoms with van der Waals surface area (Å²) in [6.07, 6.45) is 7.41. The monoisotopic (exact) mass is 440 g/mol. The van der Waals surface area contributed by atoms with Crippen LogP contribution in [0.25, 0.3) is 27.5 Å². The minimum absolute atomic E-state index is 0.132. The smallest absolute Gasteiger partial charge is 0.345 e. The molecule has 0 atom stereocenters. The van der Waals surface area contributed by atoms with Gasteiger partial charge in [-0.15, -0.1) is 5.10 Å². The molecule has 3 heterocycles. The van der Waals surface area contributed by atoms with Crippen LogP contribution in [0.3, 0.4) is 0 Å². The maximum absolute atomic E-state index is 12.4. The van der Waals surface area contributed by atoms with Crippen LogP contribution in [0.2, 0.25) is 0 Å². The van der Waals surface area contributed by atoms with Crippen molar-refractivity contribution in [3.63, 3.8) is 0 Å². The molecule has 1 aliphatic rings. The average Bonchev–Trinajstić information content (AvgIpc) is 3.22. The van der Waals surface area contributed by atoms with Gasteiger partial charge in [0.2, 0.25) is 11.8 Å². The van der Waals surface area contributed by atoms with Gasteiger partial charge in [-0.25, -0.2) is 19.5 Å². The Balaban J connectivity index is 1.35. The van der Waals surface area contributed by atoms with E-state index in [2.05, 4.69) is 30.1 Å². The minimum atomic E-state index is -2.71. The van der Waals surface area contributed by atoms with Crippen LogP contribution >= 0.6 is 0 Å². The largest absolute Gasteiger partial charge is 0.480 e. The van der Waals surface area contributed by atoms with Gasteiger partial charge in [-0.1, -0.05) is 6.07 Å². The lowest BCUT2D eigenvalue weighted by molar-refractivity contribution is -0.169. The Morgan fingerprint density at radius 1 is 1.09 bits per heavy atom. The van der Waals surface area contributed by atoms with Crippen LogP contribution < -0.4 is 10.1 Å². The SMILES string of the molecule is COc1ncnc2ccc(-c3ccn4nc(N[C@H]5CC[C@H](OC(F)F)CC5)ncc34)cc12. The lowest BCUT2D eigenvalue weighted by atomic mass is 9.93. The molecule has 5 rings (SSSR count). The summed E-state index contributed by atoms with van der Waals surface area (Å²) in [6.45, 7) is -2.71. The summed E-state index contributed by atoms with van der Waals surface area (Å²) >= 11 is 0. The first-order valence-electron chi connectivity index (χ1n) is 10.4. The zero-order chi connectivity index (χ0) is 22.1. The number of hydrogen-bond acceptors (Lipinski definition) is 7. The van der Waals surface area contributed by atoms with E-state index in [-0.39, 0.29) is 12.1 Å². The van der Waals surface area contributed by atoms with Gasteiger partial charge in [0.1, 0.15) is 6.33 Å². The Morgan fingerprint density at radius 3 is 2.72 bits per heavy atom. The molecule has 0 aliphatic heterocycles. The molecule has 1 fully saturated rings. The van der Waals surface area contributed by atoms with Gasteiger partial charge in [0, 0.05) is 17.8 Å². The highest BCUT2D eigenvalue weighted by molar-refractivity contribution is 5.91. The first-order chi connectivity index (χ1) is 15.6. The van der Waals surface area contributed by atoms with Crippen LogP contribution in [0.1, 0.15) is 25.7 Å². The number of benzene rings is 1. The van der Waals surface area contributed by atoms with Crippen molar-refractivity contribution in [2.24, 2.45) is 0 Å². The third-order valence-corrected chi connectivity index (χ3v) is 5.82. The van der Waals surface area contributed by atoms with Crippen molar-refractivity contribution < 1.29 is 18.3 Å². The molecular formula is C22H22F2N6O2. The summed E-state index contributed by atoms with van der Waals surface area (Å²) in [7, 11) is 1.59. The van der Waals surface area contributed by atoms with E-state index in [4.69, 9.17) is 4.74 Å². The Bertz CT molecular complexity index is 1240. The van der Waals surface area contributed by atoms with Crippen LogP contribution in [-0.2, 0) is 4.74 Å². The summed E-state index contributed by atoms with van der Waals surface area (Å²) in [6, 6.07) is 8.04. The van der Waals surface area contributed by atoms with Crippen LogP contribution in [0.5, 0.6) is 5.88 Å². The predicted octanol–water partition coefficient (Wildman–Crippen LogP) is 4.31. The fraction of sp³-hybridized carbons (Fsp3) is 0.364. The number of aromatic nitrogens is 5. The maximum Gasteiger partial charge on any atom is 0.345 e. The van der Waals surface area contributed by atoms with Gasteiger partial charge in [0.25, 0.3) is 0 Å². The fourth-order valence-corrected chi connectivity index (χ4v) is 4.24. The molecule has 8 nitrogen and oxygen atoms in total. The van der Waals surface area contributed by atoms with Crippen molar-refractivity contribution in [2.75, 3.05) is 12.4 Å². The number of anilines is 1. The Kier molecular flexibility index (Phi) is 5.52. The lowest BCUT2D eigenvalue weighted by Gasteiger charge is -2.28. The number of fused-ring (bicyclic) bond motifs is 2. The molecule has 1 aliphatic carbocycles. The number of rotatable bonds is 6. The summed E-state index contributed by atoms with van der Waals surface area (Å²) in [4.78, 5) is 12.9. The zero-order valence-electron chi connectivity index (χ0n) is 17.4. The number of nitrogens with one attached hydrogen (secondary N) is 1. The van der Waals surface area contributed by atoms with Crippen molar-refractivity contribution in [1.82, 2.24) is 24.6 Å². The van der Waals surface area contributed by atoms with Gasteiger partial charge in [-0.2, -0.15) is 8.78 Å². The van der Waals surface area contributed by atoms with Gasteiger partial charge in [-0.3, -0.25) is 0 Å². The van der Waals surface area contributed by atoms with E-state index < -0.39 is 6.61 Å². The molecule has 0 amide bonds. The summed E-state index contributed by atoms with van der Waals surface area (Å²) in [5.74, 6) is 1.03. The van der Waals surface area contributed by atoms with Crippen molar-refractivity contribution in [1.29, 1.82) is 0 Å². The van der Waals surface area contributed by atoms with Crippen molar-refractivity contribution >= 4 is 22.4 Å². The first-order valence-corrected chi connectivity index (χ1v) is 10.4. The van der Waals surface area contributed by atoms with Gasteiger partial charge in [-0.05, 0) is 49.4 Å². The second-order valence-corrected chi connectivity index (χ2v) is 7.77. The van der Waals surface area contributed by atoms with Gasteiger partial charge in [0.15, 0.2) is 0 Å². The summed E-state index contributed by atoms with van der Waals surface area (Å²) in [5.41, 5.74) is 3.63. The number of ether oxygens (including phenoxy) is 2. The van der Waals surface area contributed by atoms with Crippen molar-refractivity contribution in [3.8, 4) is 17.0 Å². The molecule has 0 spiro atoms. The first kappa shape index (κ1) is 20.5. The number of methoxy groups -OCH3 is 1. The summed E-state index contributed by atoms with van der Waals surface area (Å²) < 4.78 is 36.5. The maximum atomic E-state index is 12.4. The molecule has 1 aromatic carbocycles. The molecule has 0 radical (unpaired) electrons. The van der Waals surface area contributed by atoms with Gasteiger partial charge in [0.05, 0.1) is 35.8 Å². The zero-order valence-corrected chi connectivity index (χ0v) is 17.4. The van der Waals surface area contributed by atoms with E-state index >= 15 is 0 Å². The molecule has 1 saturated carbocycles. The Morgan fingerprint density at radius 2 is 1.94 bits per heavy atom. The molecule has 10 heteroatoms. The third-order valence-electron chi connectivity index (χ3n) is 5.82. The van der Waals surface area contributed by atoms with Gasteiger partial charge < -0.3 is 14.8 Å². The number of halogens is 2. The highest BCUT2D eigenvalue weighted by Crippen LogP contribution is 2.31. The molecule has 4 aromatic rings. The van der Waals surface area contributed by atoms with Crippen LogP contribution in [0.15, 0.2) is 43.0 Å². The molecule has 3 aromatic heterocycles. The molecule has 32 heavy (non-hydrogen) atoms. The summed E-state index contributed by atoms with van der Waals surface area (Å²) in [5, 5.41) is 8.72. The molecule has 0 unspecified atom stereocenters. The second-order valence-electron chi connectivity index (χ2n) is 7.77. The molecule has 0 saturated heterocycles. The van der Waals surface area contributed by atoms with E-state index in [1.54, 1.807) is 17.8 Å². The molecule has 0 bridgehead atoms. The fourth-order valence-electron chi connectivity index (χ4n) is 4.24. The second kappa shape index (κ2) is 8.62. The number of alkyl halides is 2. The van der Waals surface area contributed by atoms with Crippen LogP contribution in [0.4, 0.5) is 14.7 Å². The van der Waals surface area contributed by atoms with E-state index in [1.165, 1.54) is 6.33 Å². The highest BCUT2D eigenvalue weighted by Gasteiger charge is 2.24. The topological polar surface area (TPSA) is 86.5 Å². The van der Waals surface area contributed by atoms with E-state index in [0.717, 1.165) is 40.4 Å². The van der Waals surface area contributed by atoms with Crippen molar-refractivity contribution in [2.45, 2.75) is 44.4 Å². The molecule has 166 valence electrons. The Labute approximate surface area is 182 Å².